The number of anilines is 1. The van der Waals surface area contributed by atoms with Gasteiger partial charge in [0.15, 0.2) is 0 Å². The van der Waals surface area contributed by atoms with E-state index in [1.54, 1.807) is 6.20 Å². The Hall–Kier alpha value is -1.56. The lowest BCUT2D eigenvalue weighted by molar-refractivity contribution is -0.133. The molecular weight excluding hydrogens is 248 g/mol. The number of piperazine rings is 1. The zero-order valence-electron chi connectivity index (χ0n) is 10.0. The van der Waals surface area contributed by atoms with Crippen LogP contribution in [0.25, 0.3) is 0 Å². The highest BCUT2D eigenvalue weighted by atomic mass is 32.1. The van der Waals surface area contributed by atoms with Gasteiger partial charge in [-0.05, 0) is 19.3 Å². The molecule has 1 saturated heterocycles. The van der Waals surface area contributed by atoms with E-state index in [0.717, 1.165) is 30.0 Å². The Morgan fingerprint density at radius 2 is 2.39 bits per heavy atom. The maximum absolute atomic E-state index is 12.1. The minimum absolute atomic E-state index is 0.0886. The average molecular weight is 264 g/mol. The number of thiazole rings is 1. The SMILES string of the molecule is C=C1NC2(CCC2)C(=O)NC1Cc1ncc(N)s1. The maximum atomic E-state index is 12.1. The fourth-order valence-electron chi connectivity index (χ4n) is 2.48. The average Bonchev–Trinajstić information content (AvgIpc) is 2.66. The molecule has 0 aromatic carbocycles. The molecule has 4 N–H and O–H groups in total. The molecule has 1 aromatic heterocycles. The van der Waals surface area contributed by atoms with E-state index in [4.69, 9.17) is 5.73 Å². The summed E-state index contributed by atoms with van der Waals surface area (Å²) < 4.78 is 0. The first kappa shape index (κ1) is 11.5. The van der Waals surface area contributed by atoms with Gasteiger partial charge in [0, 0.05) is 12.1 Å². The first-order chi connectivity index (χ1) is 8.59. The minimum atomic E-state index is -0.379. The van der Waals surface area contributed by atoms with Gasteiger partial charge < -0.3 is 16.4 Å². The molecule has 5 nitrogen and oxygen atoms in total. The van der Waals surface area contributed by atoms with Gasteiger partial charge >= 0.3 is 0 Å². The second kappa shape index (κ2) is 3.98. The summed E-state index contributed by atoms with van der Waals surface area (Å²) in [4.78, 5) is 16.3. The van der Waals surface area contributed by atoms with Crippen LogP contribution >= 0.6 is 11.3 Å². The lowest BCUT2D eigenvalue weighted by Crippen LogP contribution is -2.68. The monoisotopic (exact) mass is 264 g/mol. The van der Waals surface area contributed by atoms with E-state index in [1.807, 2.05) is 0 Å². The molecule has 1 aromatic rings. The summed E-state index contributed by atoms with van der Waals surface area (Å²) in [6.45, 7) is 4.03. The molecule has 3 rings (SSSR count). The number of nitrogens with zero attached hydrogens (tertiary/aromatic N) is 1. The Labute approximate surface area is 109 Å². The summed E-state index contributed by atoms with van der Waals surface area (Å²) >= 11 is 1.45. The molecule has 18 heavy (non-hydrogen) atoms. The third kappa shape index (κ3) is 1.77. The molecule has 0 radical (unpaired) electrons. The molecule has 1 aliphatic heterocycles. The lowest BCUT2D eigenvalue weighted by Gasteiger charge is -2.47. The van der Waals surface area contributed by atoms with Gasteiger partial charge in [-0.2, -0.15) is 0 Å². The lowest BCUT2D eigenvalue weighted by atomic mass is 9.74. The molecule has 6 heteroatoms. The van der Waals surface area contributed by atoms with Crippen LogP contribution in [0.5, 0.6) is 0 Å². The van der Waals surface area contributed by atoms with E-state index in [0.29, 0.717) is 11.4 Å². The molecule has 1 atom stereocenters. The van der Waals surface area contributed by atoms with E-state index in [2.05, 4.69) is 22.2 Å². The topological polar surface area (TPSA) is 80.0 Å². The van der Waals surface area contributed by atoms with Gasteiger partial charge in [-0.3, -0.25) is 4.79 Å². The highest BCUT2D eigenvalue weighted by Gasteiger charge is 2.48. The van der Waals surface area contributed by atoms with E-state index < -0.39 is 0 Å². The number of aromatic nitrogens is 1. The maximum Gasteiger partial charge on any atom is 0.246 e. The van der Waals surface area contributed by atoms with Crippen molar-refractivity contribution in [3.05, 3.63) is 23.5 Å². The zero-order valence-corrected chi connectivity index (χ0v) is 10.8. The number of amides is 1. The molecule has 2 heterocycles. The Morgan fingerprint density at radius 3 is 2.94 bits per heavy atom. The standard InChI is InChI=1S/C12H16N4OS/c1-7-8(5-10-14-6-9(13)18-10)15-11(17)12(16-7)3-2-4-12/h6,8,16H,1-5,13H2,(H,15,17). The quantitative estimate of drug-likeness (QED) is 0.738. The van der Waals surface area contributed by atoms with Gasteiger partial charge in [-0.1, -0.05) is 6.58 Å². The van der Waals surface area contributed by atoms with Gasteiger partial charge in [0.25, 0.3) is 0 Å². The van der Waals surface area contributed by atoms with Crippen molar-refractivity contribution < 1.29 is 4.79 Å². The molecular formula is C12H16N4OS. The molecule has 1 amide bonds. The van der Waals surface area contributed by atoms with Crippen LogP contribution in [0.2, 0.25) is 0 Å². The Balaban J connectivity index is 1.71. The first-order valence-electron chi connectivity index (χ1n) is 6.07. The normalized spacial score (nSPS) is 25.4. The van der Waals surface area contributed by atoms with Gasteiger partial charge in [0.2, 0.25) is 5.91 Å². The number of nitrogen functional groups attached to an aromatic ring is 1. The molecule has 96 valence electrons. The summed E-state index contributed by atoms with van der Waals surface area (Å²) in [5.74, 6) is 0.0932. The predicted molar refractivity (Wildman–Crippen MR) is 71.0 cm³/mol. The third-order valence-electron chi connectivity index (χ3n) is 3.72. The van der Waals surface area contributed by atoms with E-state index in [1.165, 1.54) is 11.3 Å². The highest BCUT2D eigenvalue weighted by molar-refractivity contribution is 7.15. The van der Waals surface area contributed by atoms with Crippen molar-refractivity contribution in [2.45, 2.75) is 37.3 Å². The van der Waals surface area contributed by atoms with Crippen LogP contribution in [0.15, 0.2) is 18.5 Å². The van der Waals surface area contributed by atoms with Gasteiger partial charge in [-0.15, -0.1) is 11.3 Å². The fourth-order valence-corrected chi connectivity index (χ4v) is 3.22. The van der Waals surface area contributed by atoms with Crippen LogP contribution in [0.3, 0.4) is 0 Å². The van der Waals surface area contributed by atoms with Crippen molar-refractivity contribution in [3.8, 4) is 0 Å². The number of hydrogen-bond acceptors (Lipinski definition) is 5. The van der Waals surface area contributed by atoms with E-state index in [9.17, 15) is 4.79 Å². The molecule has 1 unspecified atom stereocenters. The molecule has 1 spiro atoms. The Bertz CT molecular complexity index is 506. The van der Waals surface area contributed by atoms with Crippen molar-refractivity contribution in [2.24, 2.45) is 0 Å². The second-order valence-corrected chi connectivity index (χ2v) is 6.12. The van der Waals surface area contributed by atoms with Crippen LogP contribution < -0.4 is 16.4 Å². The number of carbonyl (C=O) groups is 1. The molecule has 0 bridgehead atoms. The number of carbonyl (C=O) groups excluding carboxylic acids is 1. The van der Waals surface area contributed by atoms with Crippen molar-refractivity contribution in [1.29, 1.82) is 0 Å². The summed E-state index contributed by atoms with van der Waals surface area (Å²) in [5.41, 5.74) is 6.15. The molecule has 2 aliphatic rings. The van der Waals surface area contributed by atoms with Crippen molar-refractivity contribution >= 4 is 22.2 Å². The van der Waals surface area contributed by atoms with Crippen LogP contribution in [-0.4, -0.2) is 22.5 Å². The van der Waals surface area contributed by atoms with Crippen LogP contribution in [0.1, 0.15) is 24.3 Å². The molecule has 1 saturated carbocycles. The highest BCUT2D eigenvalue weighted by Crippen LogP contribution is 2.35. The Morgan fingerprint density at radius 1 is 1.61 bits per heavy atom. The Kier molecular flexibility index (Phi) is 2.55. The number of rotatable bonds is 2. The van der Waals surface area contributed by atoms with Gasteiger partial charge in [0.1, 0.15) is 10.5 Å². The zero-order chi connectivity index (χ0) is 12.8. The van der Waals surface area contributed by atoms with Crippen molar-refractivity contribution in [1.82, 2.24) is 15.6 Å². The smallest absolute Gasteiger partial charge is 0.246 e. The molecule has 1 aliphatic carbocycles. The minimum Gasteiger partial charge on any atom is -0.389 e. The number of hydrogen-bond donors (Lipinski definition) is 3. The van der Waals surface area contributed by atoms with Gasteiger partial charge in [0.05, 0.1) is 17.2 Å². The molecule has 2 fully saturated rings. The number of nitrogens with two attached hydrogens (primary N) is 1. The summed E-state index contributed by atoms with van der Waals surface area (Å²) in [5, 5.41) is 7.95. The summed E-state index contributed by atoms with van der Waals surface area (Å²) in [7, 11) is 0. The van der Waals surface area contributed by atoms with Crippen LogP contribution in [-0.2, 0) is 11.2 Å². The summed E-state index contributed by atoms with van der Waals surface area (Å²) in [6, 6.07) is -0.0886. The van der Waals surface area contributed by atoms with Crippen molar-refractivity contribution in [3.63, 3.8) is 0 Å². The largest absolute Gasteiger partial charge is 0.389 e. The second-order valence-electron chi connectivity index (χ2n) is 4.97. The van der Waals surface area contributed by atoms with Gasteiger partial charge in [-0.25, -0.2) is 4.98 Å². The number of nitrogens with one attached hydrogen (secondary N) is 2. The summed E-state index contributed by atoms with van der Waals surface area (Å²) in [6.07, 6.45) is 5.19. The van der Waals surface area contributed by atoms with E-state index in [-0.39, 0.29) is 17.5 Å². The fraction of sp³-hybridized carbons (Fsp3) is 0.500. The third-order valence-corrected chi connectivity index (χ3v) is 4.57. The first-order valence-corrected chi connectivity index (χ1v) is 6.89. The van der Waals surface area contributed by atoms with E-state index >= 15 is 0 Å². The van der Waals surface area contributed by atoms with Crippen molar-refractivity contribution in [2.75, 3.05) is 5.73 Å². The predicted octanol–water partition coefficient (Wildman–Crippen LogP) is 0.792. The van der Waals surface area contributed by atoms with Crippen LogP contribution in [0.4, 0.5) is 5.00 Å². The van der Waals surface area contributed by atoms with Crippen LogP contribution in [0, 0.1) is 0 Å².